The summed E-state index contributed by atoms with van der Waals surface area (Å²) in [6.45, 7) is 12.9. The van der Waals surface area contributed by atoms with E-state index in [-0.39, 0.29) is 19.0 Å². The van der Waals surface area contributed by atoms with Crippen molar-refractivity contribution in [3.05, 3.63) is 35.5 Å². The number of fused-ring (bicyclic) bond motifs is 1. The molecular formula is C31H50O6. The first-order valence-corrected chi connectivity index (χ1v) is 14.2. The quantitative estimate of drug-likeness (QED) is 0.341. The zero-order valence-electron chi connectivity index (χ0n) is 23.7. The molecule has 0 heterocycles. The highest BCUT2D eigenvalue weighted by Crippen LogP contribution is 2.60. The number of hydrogen-bond donors (Lipinski definition) is 3. The van der Waals surface area contributed by atoms with E-state index in [4.69, 9.17) is 4.74 Å². The van der Waals surface area contributed by atoms with E-state index >= 15 is 0 Å². The lowest BCUT2D eigenvalue weighted by Gasteiger charge is -2.44. The molecule has 0 aromatic heterocycles. The van der Waals surface area contributed by atoms with E-state index in [9.17, 15) is 20.1 Å². The van der Waals surface area contributed by atoms with Crippen molar-refractivity contribution in [3.63, 3.8) is 0 Å². The van der Waals surface area contributed by atoms with Crippen LogP contribution in [0.5, 0.6) is 0 Å². The second-order valence-electron chi connectivity index (χ2n) is 12.6. The Morgan fingerprint density at radius 3 is 2.68 bits per heavy atom. The van der Waals surface area contributed by atoms with Crippen molar-refractivity contribution in [1.29, 1.82) is 0 Å². The van der Waals surface area contributed by atoms with Gasteiger partial charge in [0.05, 0.1) is 31.8 Å². The molecule has 37 heavy (non-hydrogen) atoms. The van der Waals surface area contributed by atoms with Gasteiger partial charge in [0.15, 0.2) is 0 Å². The van der Waals surface area contributed by atoms with Gasteiger partial charge in [-0.05, 0) is 86.7 Å². The minimum Gasteiger partial charge on any atom is -0.469 e. The summed E-state index contributed by atoms with van der Waals surface area (Å²) in [7, 11) is 1.32. The third-order valence-electron chi connectivity index (χ3n) is 9.40. The van der Waals surface area contributed by atoms with E-state index in [0.29, 0.717) is 35.2 Å². The molecule has 210 valence electrons. The molecule has 6 heteroatoms. The first-order chi connectivity index (χ1) is 17.4. The summed E-state index contributed by atoms with van der Waals surface area (Å²) in [5.74, 6) is 1.53. The van der Waals surface area contributed by atoms with Gasteiger partial charge >= 0.3 is 5.97 Å². The molecule has 0 bridgehead atoms. The van der Waals surface area contributed by atoms with Crippen LogP contribution in [-0.4, -0.2) is 58.9 Å². The van der Waals surface area contributed by atoms with Gasteiger partial charge in [0.25, 0.3) is 0 Å². The van der Waals surface area contributed by atoms with Crippen LogP contribution in [0.25, 0.3) is 0 Å². The molecule has 6 nitrogen and oxygen atoms in total. The predicted molar refractivity (Wildman–Crippen MR) is 146 cm³/mol. The lowest BCUT2D eigenvalue weighted by molar-refractivity contribution is -0.145. The Morgan fingerprint density at radius 2 is 2.00 bits per heavy atom. The second kappa shape index (κ2) is 12.6. The lowest BCUT2D eigenvalue weighted by atomic mass is 9.60. The molecule has 0 aromatic rings. The third kappa shape index (κ3) is 7.35. The average molecular weight is 519 g/mol. The molecule has 0 radical (unpaired) electrons. The summed E-state index contributed by atoms with van der Waals surface area (Å²) in [6, 6.07) is 0. The van der Waals surface area contributed by atoms with E-state index in [1.54, 1.807) is 0 Å². The molecule has 3 rings (SSSR count). The second-order valence-corrected chi connectivity index (χ2v) is 12.6. The molecule has 0 spiro atoms. The highest BCUT2D eigenvalue weighted by atomic mass is 16.5. The van der Waals surface area contributed by atoms with Crippen molar-refractivity contribution in [2.45, 2.75) is 116 Å². The number of allylic oxidation sites excluding steroid dienone is 3. The van der Waals surface area contributed by atoms with E-state index < -0.39 is 23.9 Å². The fraction of sp³-hybridized carbons (Fsp3) is 0.774. The number of aliphatic hydroxyl groups is 3. The third-order valence-corrected chi connectivity index (χ3v) is 9.40. The summed E-state index contributed by atoms with van der Waals surface area (Å²) in [6.07, 6.45) is 11.2. The number of methoxy groups -OCH3 is 1. The smallest absolute Gasteiger partial charge is 0.307 e. The first-order valence-electron chi connectivity index (χ1n) is 14.2. The molecule has 3 aliphatic rings. The lowest BCUT2D eigenvalue weighted by Crippen LogP contribution is -2.45. The molecule has 3 aliphatic carbocycles. The Morgan fingerprint density at radius 1 is 1.27 bits per heavy atom. The van der Waals surface area contributed by atoms with Crippen LogP contribution in [0.1, 0.15) is 91.9 Å². The molecule has 3 fully saturated rings. The van der Waals surface area contributed by atoms with Gasteiger partial charge in [-0.25, -0.2) is 0 Å². The number of carbonyl (C=O) groups excluding carboxylic acids is 1. The summed E-state index contributed by atoms with van der Waals surface area (Å²) in [4.78, 5) is 11.3. The predicted octanol–water partition coefficient (Wildman–Crippen LogP) is 5.26. The minimum atomic E-state index is -1.01. The standard InChI is InChI=1S/C31H50O6/c1-20(9-7-16-30(3,4)35)24-13-14-25-22(10-8-17-31(24,25)5)11-12-23-19-26(32)29(28(34)21(23)2)37-18-15-27(33)36-6/h11-12,20,24-26,28-29,32,34-35H,2,7-10,13-19H2,1,3-6H3/t20-,24-,25?,26?,28?,29?,31-/m1/s1. The number of ether oxygens (including phenoxy) is 2. The molecule has 3 saturated carbocycles. The number of carbonyl (C=O) groups is 1. The van der Waals surface area contributed by atoms with Crippen molar-refractivity contribution in [2.75, 3.05) is 13.7 Å². The number of aliphatic hydroxyl groups excluding tert-OH is 2. The molecule has 0 aromatic carbocycles. The maximum Gasteiger partial charge on any atom is 0.307 e. The molecule has 0 saturated heterocycles. The van der Waals surface area contributed by atoms with Gasteiger partial charge in [-0.3, -0.25) is 4.79 Å². The van der Waals surface area contributed by atoms with Crippen LogP contribution in [0, 0.1) is 23.2 Å². The Balaban J connectivity index is 1.65. The molecule has 0 amide bonds. The zero-order chi connectivity index (χ0) is 27.4. The topological polar surface area (TPSA) is 96.2 Å². The van der Waals surface area contributed by atoms with E-state index in [1.165, 1.54) is 44.8 Å². The van der Waals surface area contributed by atoms with Gasteiger partial charge in [0.2, 0.25) is 0 Å². The van der Waals surface area contributed by atoms with Crippen LogP contribution in [-0.2, 0) is 14.3 Å². The molecular weight excluding hydrogens is 468 g/mol. The Kier molecular flexibility index (Phi) is 10.2. The largest absolute Gasteiger partial charge is 0.469 e. The van der Waals surface area contributed by atoms with Crippen LogP contribution in [0.4, 0.5) is 0 Å². The van der Waals surface area contributed by atoms with Crippen LogP contribution in [0.2, 0.25) is 0 Å². The minimum absolute atomic E-state index is 0.0763. The molecule has 3 N–H and O–H groups in total. The zero-order valence-corrected chi connectivity index (χ0v) is 23.7. The van der Waals surface area contributed by atoms with Gasteiger partial charge in [-0.15, -0.1) is 0 Å². The van der Waals surface area contributed by atoms with Gasteiger partial charge in [0, 0.05) is 6.42 Å². The fourth-order valence-electron chi connectivity index (χ4n) is 7.31. The van der Waals surface area contributed by atoms with Crippen molar-refractivity contribution in [2.24, 2.45) is 23.2 Å². The number of rotatable bonds is 10. The highest BCUT2D eigenvalue weighted by molar-refractivity contribution is 5.69. The number of esters is 1. The molecule has 7 atom stereocenters. The molecule has 4 unspecified atom stereocenters. The summed E-state index contributed by atoms with van der Waals surface area (Å²) in [5, 5.41) is 31.5. The van der Waals surface area contributed by atoms with Crippen molar-refractivity contribution < 1.29 is 29.6 Å². The van der Waals surface area contributed by atoms with Gasteiger partial charge in [-0.2, -0.15) is 0 Å². The monoisotopic (exact) mass is 518 g/mol. The summed E-state index contributed by atoms with van der Waals surface area (Å²) in [5.41, 5.74) is 2.64. The van der Waals surface area contributed by atoms with Crippen LogP contribution >= 0.6 is 0 Å². The van der Waals surface area contributed by atoms with Crippen molar-refractivity contribution >= 4 is 5.97 Å². The Bertz CT molecular complexity index is 867. The Labute approximate surface area is 223 Å². The highest BCUT2D eigenvalue weighted by Gasteiger charge is 2.50. The summed E-state index contributed by atoms with van der Waals surface area (Å²) < 4.78 is 10.2. The van der Waals surface area contributed by atoms with E-state index in [2.05, 4.69) is 37.3 Å². The van der Waals surface area contributed by atoms with Gasteiger partial charge in [-0.1, -0.05) is 51.0 Å². The van der Waals surface area contributed by atoms with E-state index in [1.807, 2.05) is 13.8 Å². The fourth-order valence-corrected chi connectivity index (χ4v) is 7.31. The van der Waals surface area contributed by atoms with Crippen LogP contribution in [0.3, 0.4) is 0 Å². The summed E-state index contributed by atoms with van der Waals surface area (Å²) >= 11 is 0. The van der Waals surface area contributed by atoms with Gasteiger partial charge < -0.3 is 24.8 Å². The van der Waals surface area contributed by atoms with Crippen molar-refractivity contribution in [1.82, 2.24) is 0 Å². The van der Waals surface area contributed by atoms with Gasteiger partial charge in [0.1, 0.15) is 12.2 Å². The molecule has 0 aliphatic heterocycles. The first kappa shape index (κ1) is 30.1. The van der Waals surface area contributed by atoms with Crippen LogP contribution < -0.4 is 0 Å². The number of hydrogen-bond acceptors (Lipinski definition) is 6. The van der Waals surface area contributed by atoms with Crippen LogP contribution in [0.15, 0.2) is 35.5 Å². The SMILES string of the molecule is C=C1C(=CC=C2CCC[C@@]3(C)C2CC[C@@H]3[C@H](C)CCCC(C)(C)O)CC(O)C(OCCC(=O)OC)C1O. The maximum absolute atomic E-state index is 11.3. The van der Waals surface area contributed by atoms with E-state index in [0.717, 1.165) is 24.8 Å². The Hall–Kier alpha value is -1.47. The van der Waals surface area contributed by atoms with Crippen molar-refractivity contribution in [3.8, 4) is 0 Å². The normalized spacial score (nSPS) is 35.6. The maximum atomic E-state index is 11.3. The average Bonchev–Trinajstić information content (AvgIpc) is 3.19.